The SMILES string of the molecule is O=C(Nc1ccc(C(=O)N2CCCCCC2)cc1)c1ccccc1. The summed E-state index contributed by atoms with van der Waals surface area (Å²) >= 11 is 0. The minimum Gasteiger partial charge on any atom is -0.339 e. The predicted octanol–water partition coefficient (Wildman–Crippen LogP) is 3.96. The third-order valence-corrected chi connectivity index (χ3v) is 4.32. The highest BCUT2D eigenvalue weighted by atomic mass is 16.2. The fourth-order valence-electron chi connectivity index (χ4n) is 2.95. The van der Waals surface area contributed by atoms with Gasteiger partial charge in [-0.25, -0.2) is 0 Å². The van der Waals surface area contributed by atoms with Crippen LogP contribution in [-0.2, 0) is 0 Å². The molecule has 1 aliphatic rings. The van der Waals surface area contributed by atoms with Crippen LogP contribution >= 0.6 is 0 Å². The molecule has 1 heterocycles. The maximum absolute atomic E-state index is 12.5. The Bertz CT molecular complexity index is 687. The summed E-state index contributed by atoms with van der Waals surface area (Å²) in [6.07, 6.45) is 4.57. The first-order chi connectivity index (χ1) is 11.7. The van der Waals surface area contributed by atoms with E-state index in [2.05, 4.69) is 5.32 Å². The minimum absolute atomic E-state index is 0.0813. The molecule has 3 rings (SSSR count). The molecule has 4 nitrogen and oxygen atoms in total. The van der Waals surface area contributed by atoms with Crippen LogP contribution in [0.5, 0.6) is 0 Å². The zero-order chi connectivity index (χ0) is 16.8. The number of rotatable bonds is 3. The highest BCUT2D eigenvalue weighted by Crippen LogP contribution is 2.16. The summed E-state index contributed by atoms with van der Waals surface area (Å²) in [5.74, 6) is -0.0694. The van der Waals surface area contributed by atoms with Gasteiger partial charge in [0.05, 0.1) is 0 Å². The minimum atomic E-state index is -0.151. The van der Waals surface area contributed by atoms with E-state index in [0.29, 0.717) is 16.8 Å². The maximum Gasteiger partial charge on any atom is 0.255 e. The largest absolute Gasteiger partial charge is 0.339 e. The fourth-order valence-corrected chi connectivity index (χ4v) is 2.95. The van der Waals surface area contributed by atoms with Crippen molar-refractivity contribution in [3.63, 3.8) is 0 Å². The van der Waals surface area contributed by atoms with Gasteiger partial charge in [-0.3, -0.25) is 9.59 Å². The lowest BCUT2D eigenvalue weighted by Gasteiger charge is -2.20. The lowest BCUT2D eigenvalue weighted by atomic mass is 10.1. The topological polar surface area (TPSA) is 49.4 Å². The van der Waals surface area contributed by atoms with E-state index < -0.39 is 0 Å². The van der Waals surface area contributed by atoms with Crippen LogP contribution in [0.25, 0.3) is 0 Å². The summed E-state index contributed by atoms with van der Waals surface area (Å²) in [4.78, 5) is 26.6. The second-order valence-electron chi connectivity index (χ2n) is 6.10. The van der Waals surface area contributed by atoms with Crippen molar-refractivity contribution in [2.24, 2.45) is 0 Å². The van der Waals surface area contributed by atoms with Gasteiger partial charge in [-0.1, -0.05) is 31.0 Å². The van der Waals surface area contributed by atoms with Crippen LogP contribution < -0.4 is 5.32 Å². The first kappa shape index (κ1) is 16.2. The molecule has 0 radical (unpaired) electrons. The first-order valence-electron chi connectivity index (χ1n) is 8.50. The van der Waals surface area contributed by atoms with Crippen molar-refractivity contribution in [3.05, 3.63) is 65.7 Å². The zero-order valence-electron chi connectivity index (χ0n) is 13.7. The van der Waals surface area contributed by atoms with Crippen LogP contribution in [0, 0.1) is 0 Å². The van der Waals surface area contributed by atoms with Crippen molar-refractivity contribution in [2.45, 2.75) is 25.7 Å². The number of nitrogens with zero attached hydrogens (tertiary/aromatic N) is 1. The molecule has 124 valence electrons. The molecule has 0 saturated carbocycles. The number of hydrogen-bond donors (Lipinski definition) is 1. The third-order valence-electron chi connectivity index (χ3n) is 4.32. The molecule has 0 aliphatic carbocycles. The van der Waals surface area contributed by atoms with Gasteiger partial charge < -0.3 is 10.2 Å². The first-order valence-corrected chi connectivity index (χ1v) is 8.50. The van der Waals surface area contributed by atoms with Crippen LogP contribution in [-0.4, -0.2) is 29.8 Å². The van der Waals surface area contributed by atoms with Crippen molar-refractivity contribution < 1.29 is 9.59 Å². The molecule has 4 heteroatoms. The van der Waals surface area contributed by atoms with E-state index >= 15 is 0 Å². The van der Waals surface area contributed by atoms with Gasteiger partial charge in [-0.15, -0.1) is 0 Å². The number of hydrogen-bond acceptors (Lipinski definition) is 2. The number of nitrogens with one attached hydrogen (secondary N) is 1. The Labute approximate surface area is 142 Å². The normalized spacial score (nSPS) is 14.8. The highest BCUT2D eigenvalue weighted by molar-refractivity contribution is 6.04. The molecule has 0 bridgehead atoms. The van der Waals surface area contributed by atoms with Crippen LogP contribution in [0.2, 0.25) is 0 Å². The fraction of sp³-hybridized carbons (Fsp3) is 0.300. The van der Waals surface area contributed by atoms with E-state index in [1.165, 1.54) is 12.8 Å². The van der Waals surface area contributed by atoms with E-state index in [1.807, 2.05) is 23.1 Å². The Morgan fingerprint density at radius 3 is 2.00 bits per heavy atom. The molecule has 2 aromatic rings. The van der Waals surface area contributed by atoms with Gasteiger partial charge in [0.1, 0.15) is 0 Å². The van der Waals surface area contributed by atoms with Gasteiger partial charge in [0.2, 0.25) is 0 Å². The summed E-state index contributed by atoms with van der Waals surface area (Å²) in [6, 6.07) is 16.2. The molecular formula is C20H22N2O2. The average molecular weight is 322 g/mol. The number of carbonyl (C=O) groups excluding carboxylic acids is 2. The van der Waals surface area contributed by atoms with Crippen LogP contribution in [0.15, 0.2) is 54.6 Å². The lowest BCUT2D eigenvalue weighted by molar-refractivity contribution is 0.0761. The Kier molecular flexibility index (Phi) is 5.26. The Morgan fingerprint density at radius 2 is 1.38 bits per heavy atom. The van der Waals surface area contributed by atoms with Crippen molar-refractivity contribution >= 4 is 17.5 Å². The monoisotopic (exact) mass is 322 g/mol. The number of amides is 2. The van der Waals surface area contributed by atoms with Crippen molar-refractivity contribution in [1.82, 2.24) is 4.90 Å². The van der Waals surface area contributed by atoms with Crippen molar-refractivity contribution in [2.75, 3.05) is 18.4 Å². The molecular weight excluding hydrogens is 300 g/mol. The lowest BCUT2D eigenvalue weighted by Crippen LogP contribution is -2.31. The van der Waals surface area contributed by atoms with Gasteiger partial charge in [0, 0.05) is 29.9 Å². The summed E-state index contributed by atoms with van der Waals surface area (Å²) < 4.78 is 0. The van der Waals surface area contributed by atoms with E-state index in [1.54, 1.807) is 36.4 Å². The van der Waals surface area contributed by atoms with Gasteiger partial charge in [-0.05, 0) is 49.2 Å². The number of likely N-dealkylation sites (tertiary alicyclic amines) is 1. The van der Waals surface area contributed by atoms with Crippen molar-refractivity contribution in [3.8, 4) is 0 Å². The Balaban J connectivity index is 1.64. The molecule has 2 aromatic carbocycles. The van der Waals surface area contributed by atoms with Gasteiger partial charge in [0.25, 0.3) is 11.8 Å². The van der Waals surface area contributed by atoms with Crippen molar-refractivity contribution in [1.29, 1.82) is 0 Å². The molecule has 1 fully saturated rings. The van der Waals surface area contributed by atoms with E-state index in [4.69, 9.17) is 0 Å². The molecule has 0 spiro atoms. The molecule has 0 aromatic heterocycles. The smallest absolute Gasteiger partial charge is 0.255 e. The molecule has 2 amide bonds. The Morgan fingerprint density at radius 1 is 0.750 bits per heavy atom. The molecule has 1 N–H and O–H groups in total. The second kappa shape index (κ2) is 7.77. The summed E-state index contributed by atoms with van der Waals surface area (Å²) in [7, 11) is 0. The van der Waals surface area contributed by atoms with E-state index in [9.17, 15) is 9.59 Å². The average Bonchev–Trinajstić information content (AvgIpc) is 2.92. The molecule has 24 heavy (non-hydrogen) atoms. The maximum atomic E-state index is 12.5. The predicted molar refractivity (Wildman–Crippen MR) is 95.2 cm³/mol. The summed E-state index contributed by atoms with van der Waals surface area (Å²) in [5.41, 5.74) is 1.98. The second-order valence-corrected chi connectivity index (χ2v) is 6.10. The molecule has 1 saturated heterocycles. The summed E-state index contributed by atoms with van der Waals surface area (Å²) in [6.45, 7) is 1.68. The van der Waals surface area contributed by atoms with Crippen LogP contribution in [0.4, 0.5) is 5.69 Å². The number of benzene rings is 2. The quantitative estimate of drug-likeness (QED) is 0.930. The van der Waals surface area contributed by atoms with Crippen LogP contribution in [0.3, 0.4) is 0 Å². The highest BCUT2D eigenvalue weighted by Gasteiger charge is 2.17. The zero-order valence-corrected chi connectivity index (χ0v) is 13.7. The van der Waals surface area contributed by atoms with Gasteiger partial charge >= 0.3 is 0 Å². The summed E-state index contributed by atoms with van der Waals surface area (Å²) in [5, 5.41) is 2.85. The van der Waals surface area contributed by atoms with Crippen LogP contribution in [0.1, 0.15) is 46.4 Å². The Hall–Kier alpha value is -2.62. The van der Waals surface area contributed by atoms with Gasteiger partial charge in [-0.2, -0.15) is 0 Å². The molecule has 0 atom stereocenters. The molecule has 0 unspecified atom stereocenters. The van der Waals surface area contributed by atoms with Gasteiger partial charge in [0.15, 0.2) is 0 Å². The van der Waals surface area contributed by atoms with E-state index in [0.717, 1.165) is 25.9 Å². The molecule has 1 aliphatic heterocycles. The number of carbonyl (C=O) groups is 2. The standard InChI is InChI=1S/C20H22N2O2/c23-19(16-8-4-3-5-9-16)21-18-12-10-17(11-13-18)20(24)22-14-6-1-2-7-15-22/h3-5,8-13H,1-2,6-7,14-15H2,(H,21,23). The third kappa shape index (κ3) is 4.02. The number of anilines is 1. The van der Waals surface area contributed by atoms with E-state index in [-0.39, 0.29) is 11.8 Å².